The fourth-order valence-corrected chi connectivity index (χ4v) is 2.99. The van der Waals surface area contributed by atoms with Gasteiger partial charge in [-0.15, -0.1) is 15.3 Å². The molecule has 0 spiro atoms. The Bertz CT molecular complexity index is 1270. The van der Waals surface area contributed by atoms with Crippen LogP contribution in [-0.2, 0) is 0 Å². The van der Waals surface area contributed by atoms with Crippen molar-refractivity contribution in [1.82, 2.24) is 25.2 Å². The second kappa shape index (κ2) is 7.97. The molecule has 0 bridgehead atoms. The van der Waals surface area contributed by atoms with Crippen LogP contribution in [0.1, 0.15) is 11.3 Å². The van der Waals surface area contributed by atoms with Crippen molar-refractivity contribution in [1.29, 1.82) is 0 Å². The zero-order valence-corrected chi connectivity index (χ0v) is 16.0. The first kappa shape index (κ1) is 17.8. The van der Waals surface area contributed by atoms with Crippen molar-refractivity contribution >= 4 is 12.2 Å². The van der Waals surface area contributed by atoms with Crippen molar-refractivity contribution in [2.75, 3.05) is 0 Å². The highest BCUT2D eigenvalue weighted by Gasteiger charge is 2.09. The van der Waals surface area contributed by atoms with Gasteiger partial charge in [0, 0.05) is 11.1 Å². The first-order chi connectivity index (χ1) is 14.8. The summed E-state index contributed by atoms with van der Waals surface area (Å²) in [6.45, 7) is 0. The summed E-state index contributed by atoms with van der Waals surface area (Å²) < 4.78 is 5.81. The predicted octanol–water partition coefficient (Wildman–Crippen LogP) is 5.15. The molecule has 0 N–H and O–H groups in total. The third kappa shape index (κ3) is 3.79. The van der Waals surface area contributed by atoms with Gasteiger partial charge in [-0.05, 0) is 48.0 Å². The SMILES string of the molecule is C(=C\c1cnn(-c2ccccc2)n1)/c1ccc(-c2nnc(-c3ccccc3)o2)cc1. The Labute approximate surface area is 173 Å². The Morgan fingerprint density at radius 1 is 0.667 bits per heavy atom. The minimum absolute atomic E-state index is 0.496. The van der Waals surface area contributed by atoms with E-state index in [1.165, 1.54) is 0 Å². The fourth-order valence-electron chi connectivity index (χ4n) is 2.99. The molecular weight excluding hydrogens is 374 g/mol. The van der Waals surface area contributed by atoms with Crippen LogP contribution in [0, 0.1) is 0 Å². The standard InChI is InChI=1S/C24H17N5O/c1-3-7-19(8-4-1)23-26-27-24(30-23)20-14-11-18(12-15-20)13-16-21-17-25-29(28-21)22-9-5-2-6-10-22/h1-17H/b16-13+. The molecule has 0 radical (unpaired) electrons. The van der Waals surface area contributed by atoms with Gasteiger partial charge in [-0.2, -0.15) is 9.90 Å². The van der Waals surface area contributed by atoms with Gasteiger partial charge in [0.1, 0.15) is 5.69 Å². The van der Waals surface area contributed by atoms with Gasteiger partial charge in [0.25, 0.3) is 0 Å². The van der Waals surface area contributed by atoms with Crippen LogP contribution in [0.3, 0.4) is 0 Å². The zero-order valence-electron chi connectivity index (χ0n) is 16.0. The van der Waals surface area contributed by atoms with Crippen LogP contribution in [0.2, 0.25) is 0 Å². The maximum Gasteiger partial charge on any atom is 0.248 e. The average molecular weight is 391 g/mol. The van der Waals surface area contributed by atoms with Crippen molar-refractivity contribution in [3.63, 3.8) is 0 Å². The molecule has 144 valence electrons. The van der Waals surface area contributed by atoms with Gasteiger partial charge in [-0.3, -0.25) is 0 Å². The van der Waals surface area contributed by atoms with E-state index < -0.39 is 0 Å². The number of aromatic nitrogens is 5. The first-order valence-corrected chi connectivity index (χ1v) is 9.50. The molecule has 3 aromatic carbocycles. The summed E-state index contributed by atoms with van der Waals surface area (Å²) in [6.07, 6.45) is 5.66. The molecule has 0 saturated carbocycles. The minimum atomic E-state index is 0.496. The molecule has 6 nitrogen and oxygen atoms in total. The second-order valence-corrected chi connectivity index (χ2v) is 6.63. The van der Waals surface area contributed by atoms with Gasteiger partial charge in [-0.1, -0.05) is 54.6 Å². The van der Waals surface area contributed by atoms with Gasteiger partial charge in [-0.25, -0.2) is 0 Å². The molecule has 5 aromatic rings. The summed E-state index contributed by atoms with van der Waals surface area (Å²) >= 11 is 0. The average Bonchev–Trinajstić information content (AvgIpc) is 3.50. The summed E-state index contributed by atoms with van der Waals surface area (Å²) in [5.74, 6) is 1.01. The molecule has 0 amide bonds. The molecule has 5 rings (SSSR count). The van der Waals surface area contributed by atoms with E-state index in [1.54, 1.807) is 11.0 Å². The lowest BCUT2D eigenvalue weighted by molar-refractivity contribution is 0.584. The molecule has 0 aliphatic carbocycles. The van der Waals surface area contributed by atoms with E-state index in [-0.39, 0.29) is 0 Å². The normalized spacial score (nSPS) is 11.2. The Morgan fingerprint density at radius 3 is 2.00 bits per heavy atom. The van der Waals surface area contributed by atoms with Crippen LogP contribution in [0.25, 0.3) is 40.7 Å². The summed E-state index contributed by atoms with van der Waals surface area (Å²) in [5.41, 5.74) is 4.52. The Morgan fingerprint density at radius 2 is 1.30 bits per heavy atom. The van der Waals surface area contributed by atoms with Crippen molar-refractivity contribution < 1.29 is 4.42 Å². The largest absolute Gasteiger partial charge is 0.416 e. The fraction of sp³-hybridized carbons (Fsp3) is 0. The number of benzene rings is 3. The third-order valence-electron chi connectivity index (χ3n) is 4.55. The smallest absolute Gasteiger partial charge is 0.248 e. The molecule has 0 fully saturated rings. The van der Waals surface area contributed by atoms with Crippen molar-refractivity contribution in [3.8, 4) is 28.6 Å². The molecule has 6 heteroatoms. The monoisotopic (exact) mass is 391 g/mol. The summed E-state index contributed by atoms with van der Waals surface area (Å²) in [4.78, 5) is 1.61. The van der Waals surface area contributed by atoms with Crippen LogP contribution in [0.4, 0.5) is 0 Å². The number of para-hydroxylation sites is 1. The van der Waals surface area contributed by atoms with Crippen LogP contribution in [0.5, 0.6) is 0 Å². The van der Waals surface area contributed by atoms with E-state index in [0.29, 0.717) is 11.8 Å². The first-order valence-electron chi connectivity index (χ1n) is 9.50. The van der Waals surface area contributed by atoms with E-state index in [9.17, 15) is 0 Å². The summed E-state index contributed by atoms with van der Waals surface area (Å²) in [5, 5.41) is 17.1. The van der Waals surface area contributed by atoms with Crippen molar-refractivity contribution in [2.45, 2.75) is 0 Å². The van der Waals surface area contributed by atoms with Crippen LogP contribution in [-0.4, -0.2) is 25.2 Å². The predicted molar refractivity (Wildman–Crippen MR) is 115 cm³/mol. The van der Waals surface area contributed by atoms with Crippen molar-refractivity contribution in [3.05, 3.63) is 102 Å². The van der Waals surface area contributed by atoms with Crippen molar-refractivity contribution in [2.24, 2.45) is 0 Å². The summed E-state index contributed by atoms with van der Waals surface area (Å²) in [6, 6.07) is 27.5. The number of hydrogen-bond acceptors (Lipinski definition) is 5. The molecule has 2 aromatic heterocycles. The number of hydrogen-bond donors (Lipinski definition) is 0. The molecule has 0 saturated heterocycles. The van der Waals surface area contributed by atoms with Gasteiger partial charge in [0.05, 0.1) is 11.9 Å². The lowest BCUT2D eigenvalue weighted by Crippen LogP contribution is -1.97. The highest BCUT2D eigenvalue weighted by molar-refractivity contribution is 5.69. The Hall–Kier alpha value is -4.32. The lowest BCUT2D eigenvalue weighted by atomic mass is 10.1. The van der Waals surface area contributed by atoms with Gasteiger partial charge in [0.15, 0.2) is 0 Å². The van der Waals surface area contributed by atoms with E-state index in [1.807, 2.05) is 97.1 Å². The Kier molecular flexibility index (Phi) is 4.72. The molecule has 2 heterocycles. The topological polar surface area (TPSA) is 69.6 Å². The van der Waals surface area contributed by atoms with Gasteiger partial charge in [0.2, 0.25) is 11.8 Å². The highest BCUT2D eigenvalue weighted by atomic mass is 16.4. The lowest BCUT2D eigenvalue weighted by Gasteiger charge is -1.97. The number of nitrogens with zero attached hydrogens (tertiary/aromatic N) is 5. The van der Waals surface area contributed by atoms with E-state index in [4.69, 9.17) is 4.42 Å². The molecule has 0 aliphatic rings. The van der Waals surface area contributed by atoms with Crippen LogP contribution in [0.15, 0.2) is 95.5 Å². The maximum absolute atomic E-state index is 5.81. The quantitative estimate of drug-likeness (QED) is 0.414. The summed E-state index contributed by atoms with van der Waals surface area (Å²) in [7, 11) is 0. The molecule has 0 unspecified atom stereocenters. The molecule has 30 heavy (non-hydrogen) atoms. The maximum atomic E-state index is 5.81. The van der Waals surface area contributed by atoms with Crippen LogP contribution < -0.4 is 0 Å². The van der Waals surface area contributed by atoms with E-state index in [2.05, 4.69) is 20.4 Å². The second-order valence-electron chi connectivity index (χ2n) is 6.63. The van der Waals surface area contributed by atoms with E-state index in [0.717, 1.165) is 28.1 Å². The molecule has 0 aliphatic heterocycles. The molecule has 0 atom stereocenters. The Balaban J connectivity index is 1.30. The zero-order chi connectivity index (χ0) is 20.2. The van der Waals surface area contributed by atoms with Crippen LogP contribution >= 0.6 is 0 Å². The van der Waals surface area contributed by atoms with Gasteiger partial charge < -0.3 is 4.42 Å². The van der Waals surface area contributed by atoms with E-state index >= 15 is 0 Å². The third-order valence-corrected chi connectivity index (χ3v) is 4.55. The molecular formula is C24H17N5O. The highest BCUT2D eigenvalue weighted by Crippen LogP contribution is 2.24. The number of rotatable bonds is 5. The van der Waals surface area contributed by atoms with Gasteiger partial charge >= 0.3 is 0 Å². The minimum Gasteiger partial charge on any atom is -0.416 e.